The minimum absolute atomic E-state index is 0.0634. The highest BCUT2D eigenvalue weighted by molar-refractivity contribution is 7.80. The highest BCUT2D eigenvalue weighted by atomic mass is 35.5. The zero-order chi connectivity index (χ0) is 11.4. The molecule has 1 aromatic carbocycles. The molecular weight excluding hydrogens is 234 g/mol. The number of hydrogen-bond donors (Lipinski definition) is 3. The quantitative estimate of drug-likeness (QED) is 0.419. The van der Waals surface area contributed by atoms with Crippen molar-refractivity contribution in [3.63, 3.8) is 0 Å². The van der Waals surface area contributed by atoms with E-state index in [1.165, 1.54) is 6.07 Å². The van der Waals surface area contributed by atoms with E-state index in [0.29, 0.717) is 16.3 Å². The maximum absolute atomic E-state index is 9.57. The van der Waals surface area contributed by atoms with Gasteiger partial charge in [-0.3, -0.25) is 5.43 Å². The summed E-state index contributed by atoms with van der Waals surface area (Å²) in [5.41, 5.74) is 8.79. The van der Waals surface area contributed by atoms with Gasteiger partial charge in [0.05, 0.1) is 5.71 Å². The minimum atomic E-state index is 0.0634. The lowest BCUT2D eigenvalue weighted by atomic mass is 10.1. The van der Waals surface area contributed by atoms with Crippen molar-refractivity contribution in [2.75, 3.05) is 0 Å². The van der Waals surface area contributed by atoms with Crippen LogP contribution in [0.3, 0.4) is 0 Å². The van der Waals surface area contributed by atoms with Gasteiger partial charge in [-0.1, -0.05) is 11.6 Å². The van der Waals surface area contributed by atoms with E-state index in [4.69, 9.17) is 17.3 Å². The molecule has 0 aliphatic carbocycles. The highest BCUT2D eigenvalue weighted by Crippen LogP contribution is 2.22. The van der Waals surface area contributed by atoms with Crippen molar-refractivity contribution < 1.29 is 5.11 Å². The topological polar surface area (TPSA) is 70.6 Å². The summed E-state index contributed by atoms with van der Waals surface area (Å²) in [7, 11) is 0. The molecule has 0 aliphatic heterocycles. The van der Waals surface area contributed by atoms with E-state index in [0.717, 1.165) is 0 Å². The fourth-order valence-corrected chi connectivity index (χ4v) is 1.22. The zero-order valence-corrected chi connectivity index (χ0v) is 9.56. The Bertz CT molecular complexity index is 420. The number of benzene rings is 1. The maximum atomic E-state index is 9.57. The first-order valence-electron chi connectivity index (χ1n) is 4.09. The van der Waals surface area contributed by atoms with Crippen LogP contribution >= 0.6 is 23.8 Å². The van der Waals surface area contributed by atoms with E-state index in [2.05, 4.69) is 22.7 Å². The molecule has 80 valence electrons. The van der Waals surface area contributed by atoms with Gasteiger partial charge in [-0.15, -0.1) is 0 Å². The summed E-state index contributed by atoms with van der Waals surface area (Å²) in [6.07, 6.45) is 0. The highest BCUT2D eigenvalue weighted by Gasteiger charge is 2.04. The van der Waals surface area contributed by atoms with Crippen molar-refractivity contribution in [1.82, 2.24) is 5.43 Å². The number of hydrogen-bond acceptors (Lipinski definition) is 3. The third kappa shape index (κ3) is 3.38. The molecule has 0 radical (unpaired) electrons. The van der Waals surface area contributed by atoms with E-state index in [1.807, 2.05) is 0 Å². The van der Waals surface area contributed by atoms with Gasteiger partial charge in [-0.2, -0.15) is 5.10 Å². The number of rotatable bonds is 2. The number of phenolic OH excluding ortho intramolecular Hbond substituents is 1. The molecule has 0 unspecified atom stereocenters. The SMILES string of the molecule is CC(=NNC(N)=S)c1ccc(Cl)cc1O. The molecule has 0 spiro atoms. The predicted octanol–water partition coefficient (Wildman–Crippen LogP) is 1.60. The van der Waals surface area contributed by atoms with Crippen molar-refractivity contribution >= 4 is 34.6 Å². The molecule has 4 nitrogen and oxygen atoms in total. The van der Waals surface area contributed by atoms with Crippen LogP contribution in [0.25, 0.3) is 0 Å². The number of hydrazone groups is 1. The van der Waals surface area contributed by atoms with Gasteiger partial charge < -0.3 is 10.8 Å². The molecule has 0 fully saturated rings. The largest absolute Gasteiger partial charge is 0.507 e. The first kappa shape index (κ1) is 11.7. The van der Waals surface area contributed by atoms with Crippen molar-refractivity contribution in [2.45, 2.75) is 6.92 Å². The van der Waals surface area contributed by atoms with Crippen LogP contribution in [0.1, 0.15) is 12.5 Å². The number of aromatic hydroxyl groups is 1. The molecular formula is C9H10ClN3OS. The third-order valence-corrected chi connectivity index (χ3v) is 2.01. The van der Waals surface area contributed by atoms with Gasteiger partial charge in [-0.05, 0) is 37.3 Å². The number of nitrogens with one attached hydrogen (secondary N) is 1. The predicted molar refractivity (Wildman–Crippen MR) is 65.2 cm³/mol. The molecule has 0 aromatic heterocycles. The normalized spacial score (nSPS) is 11.2. The summed E-state index contributed by atoms with van der Waals surface area (Å²) in [6, 6.07) is 4.77. The summed E-state index contributed by atoms with van der Waals surface area (Å²) in [4.78, 5) is 0. The average Bonchev–Trinajstić information content (AvgIpc) is 2.14. The molecule has 0 aliphatic rings. The second-order valence-electron chi connectivity index (χ2n) is 2.83. The van der Waals surface area contributed by atoms with Crippen LogP contribution in [0.2, 0.25) is 5.02 Å². The molecule has 0 atom stereocenters. The Labute approximate surface area is 97.7 Å². The first-order valence-corrected chi connectivity index (χ1v) is 4.88. The van der Waals surface area contributed by atoms with Gasteiger partial charge in [0, 0.05) is 10.6 Å². The zero-order valence-electron chi connectivity index (χ0n) is 7.99. The Kier molecular flexibility index (Phi) is 3.88. The third-order valence-electron chi connectivity index (χ3n) is 1.68. The van der Waals surface area contributed by atoms with Crippen LogP contribution in [-0.2, 0) is 0 Å². The van der Waals surface area contributed by atoms with Crippen molar-refractivity contribution in [2.24, 2.45) is 10.8 Å². The van der Waals surface area contributed by atoms with Crippen LogP contribution in [0, 0.1) is 0 Å². The van der Waals surface area contributed by atoms with Crippen molar-refractivity contribution in [3.05, 3.63) is 28.8 Å². The Morgan fingerprint density at radius 3 is 2.80 bits per heavy atom. The number of nitrogens with zero attached hydrogens (tertiary/aromatic N) is 1. The van der Waals surface area contributed by atoms with E-state index < -0.39 is 0 Å². The molecule has 0 saturated heterocycles. The minimum Gasteiger partial charge on any atom is -0.507 e. The molecule has 0 bridgehead atoms. The molecule has 0 saturated carbocycles. The molecule has 15 heavy (non-hydrogen) atoms. The smallest absolute Gasteiger partial charge is 0.184 e. The first-order chi connectivity index (χ1) is 7.00. The molecule has 0 amide bonds. The van der Waals surface area contributed by atoms with Crippen molar-refractivity contribution in [3.8, 4) is 5.75 Å². The fraction of sp³-hybridized carbons (Fsp3) is 0.111. The summed E-state index contributed by atoms with van der Waals surface area (Å²) in [5, 5.41) is 14.0. The second-order valence-corrected chi connectivity index (χ2v) is 3.71. The van der Waals surface area contributed by atoms with Crippen LogP contribution in [0.15, 0.2) is 23.3 Å². The van der Waals surface area contributed by atoms with Gasteiger partial charge >= 0.3 is 0 Å². The molecule has 6 heteroatoms. The molecule has 0 heterocycles. The van der Waals surface area contributed by atoms with Crippen LogP contribution in [0.4, 0.5) is 0 Å². The number of thiocarbonyl (C=S) groups is 1. The fourth-order valence-electron chi connectivity index (χ4n) is 1.01. The lowest BCUT2D eigenvalue weighted by Gasteiger charge is -2.04. The van der Waals surface area contributed by atoms with Crippen LogP contribution < -0.4 is 11.2 Å². The monoisotopic (exact) mass is 243 g/mol. The number of nitrogens with two attached hydrogens (primary N) is 1. The maximum Gasteiger partial charge on any atom is 0.184 e. The van der Waals surface area contributed by atoms with Gasteiger partial charge in [0.1, 0.15) is 5.75 Å². The Morgan fingerprint density at radius 1 is 1.60 bits per heavy atom. The molecule has 1 aromatic rings. The van der Waals surface area contributed by atoms with Crippen LogP contribution in [0.5, 0.6) is 5.75 Å². The van der Waals surface area contributed by atoms with Gasteiger partial charge in [0.2, 0.25) is 0 Å². The Balaban J connectivity index is 2.95. The van der Waals surface area contributed by atoms with Crippen LogP contribution in [-0.4, -0.2) is 15.9 Å². The van der Waals surface area contributed by atoms with Gasteiger partial charge in [0.25, 0.3) is 0 Å². The summed E-state index contributed by atoms with van der Waals surface area (Å²) in [6.45, 7) is 1.72. The lowest BCUT2D eigenvalue weighted by Crippen LogP contribution is -2.25. The molecule has 1 rings (SSSR count). The standard InChI is InChI=1S/C9H10ClN3OS/c1-5(12-13-9(11)15)7-3-2-6(10)4-8(7)14/h2-4,14H,1H3,(H3,11,13,15). The van der Waals surface area contributed by atoms with E-state index in [1.54, 1.807) is 19.1 Å². The average molecular weight is 244 g/mol. The second kappa shape index (κ2) is 4.95. The Hall–Kier alpha value is -1.33. The van der Waals surface area contributed by atoms with Gasteiger partial charge in [-0.25, -0.2) is 0 Å². The molecule has 4 N–H and O–H groups in total. The summed E-state index contributed by atoms with van der Waals surface area (Å²) < 4.78 is 0. The van der Waals surface area contributed by atoms with Crippen molar-refractivity contribution in [1.29, 1.82) is 0 Å². The van der Waals surface area contributed by atoms with E-state index in [-0.39, 0.29) is 10.9 Å². The summed E-state index contributed by atoms with van der Waals surface area (Å²) in [5.74, 6) is 0.0634. The lowest BCUT2D eigenvalue weighted by molar-refractivity contribution is 0.474. The van der Waals surface area contributed by atoms with E-state index in [9.17, 15) is 5.11 Å². The van der Waals surface area contributed by atoms with E-state index >= 15 is 0 Å². The number of halogens is 1. The van der Waals surface area contributed by atoms with Gasteiger partial charge in [0.15, 0.2) is 5.11 Å². The number of phenols is 1. The Morgan fingerprint density at radius 2 is 2.27 bits per heavy atom. The summed E-state index contributed by atoms with van der Waals surface area (Å²) >= 11 is 10.3.